The first-order valence-corrected chi connectivity index (χ1v) is 7.35. The van der Waals surface area contributed by atoms with Crippen LogP contribution in [0.15, 0.2) is 6.07 Å². The third kappa shape index (κ3) is 2.50. The summed E-state index contributed by atoms with van der Waals surface area (Å²) in [6.45, 7) is 11.8. The number of methoxy groups -OCH3 is 1. The minimum atomic E-state index is -0.535. The van der Waals surface area contributed by atoms with Gasteiger partial charge in [0.2, 0.25) is 0 Å². The van der Waals surface area contributed by atoms with Crippen molar-refractivity contribution in [2.24, 2.45) is 0 Å². The first kappa shape index (κ1) is 16.8. The Kier molecular flexibility index (Phi) is 4.04. The van der Waals surface area contributed by atoms with Crippen molar-refractivity contribution in [3.63, 3.8) is 0 Å². The number of hydrogen-bond acceptors (Lipinski definition) is 5. The van der Waals surface area contributed by atoms with Crippen LogP contribution in [-0.4, -0.2) is 31.4 Å². The Morgan fingerprint density at radius 1 is 1.14 bits per heavy atom. The second kappa shape index (κ2) is 5.28. The van der Waals surface area contributed by atoms with Crippen molar-refractivity contribution >= 4 is 24.2 Å². The van der Waals surface area contributed by atoms with Gasteiger partial charge in [0.25, 0.3) is 0 Å². The van der Waals surface area contributed by atoms with Crippen molar-refractivity contribution in [3.8, 4) is 0 Å². The van der Waals surface area contributed by atoms with Gasteiger partial charge in [-0.15, -0.1) is 0 Å². The van der Waals surface area contributed by atoms with Gasteiger partial charge in [0.1, 0.15) is 0 Å². The van der Waals surface area contributed by atoms with E-state index in [1.54, 1.807) is 6.07 Å². The number of rotatable bonds is 2. The summed E-state index contributed by atoms with van der Waals surface area (Å²) in [5.41, 5.74) is 8.56. The van der Waals surface area contributed by atoms with Crippen molar-refractivity contribution < 1.29 is 18.8 Å². The molecule has 2 rings (SSSR count). The Morgan fingerprint density at radius 3 is 2.09 bits per heavy atom. The summed E-state index contributed by atoms with van der Waals surface area (Å²) in [6.07, 6.45) is 0. The lowest BCUT2D eigenvalue weighted by molar-refractivity contribution is 0.00578. The van der Waals surface area contributed by atoms with Gasteiger partial charge in [0.15, 0.2) is 0 Å². The highest BCUT2D eigenvalue weighted by atomic mass is 16.7. The van der Waals surface area contributed by atoms with E-state index in [1.807, 2.05) is 41.5 Å². The summed E-state index contributed by atoms with van der Waals surface area (Å²) >= 11 is 0. The molecule has 0 radical (unpaired) electrons. The van der Waals surface area contributed by atoms with Crippen LogP contribution in [-0.2, 0) is 14.0 Å². The van der Waals surface area contributed by atoms with Crippen molar-refractivity contribution in [2.75, 3.05) is 12.8 Å². The molecule has 1 aromatic rings. The SMILES string of the molecule is COC(=O)c1cc(B2OC(C)(C)C(C)(C)O2)c(C)c(C)c1N. The van der Waals surface area contributed by atoms with Crippen molar-refractivity contribution in [1.29, 1.82) is 0 Å². The molecular weight excluding hydrogens is 281 g/mol. The van der Waals surface area contributed by atoms with E-state index in [2.05, 4.69) is 0 Å². The Bertz CT molecular complexity index is 609. The molecule has 0 atom stereocenters. The molecule has 1 fully saturated rings. The third-order valence-corrected chi connectivity index (χ3v) is 4.90. The van der Waals surface area contributed by atoms with E-state index in [9.17, 15) is 4.79 Å². The monoisotopic (exact) mass is 305 g/mol. The number of benzene rings is 1. The molecule has 1 aliphatic heterocycles. The van der Waals surface area contributed by atoms with E-state index >= 15 is 0 Å². The fraction of sp³-hybridized carbons (Fsp3) is 0.562. The van der Waals surface area contributed by atoms with Crippen molar-refractivity contribution in [1.82, 2.24) is 0 Å². The van der Waals surface area contributed by atoms with Crippen LogP contribution in [0.25, 0.3) is 0 Å². The summed E-state index contributed by atoms with van der Waals surface area (Å²) in [5, 5.41) is 0. The Hall–Kier alpha value is -1.53. The van der Waals surface area contributed by atoms with Crippen LogP contribution in [0.3, 0.4) is 0 Å². The predicted molar refractivity (Wildman–Crippen MR) is 87.4 cm³/mol. The molecule has 0 saturated carbocycles. The molecule has 22 heavy (non-hydrogen) atoms. The smallest absolute Gasteiger partial charge is 0.465 e. The Labute approximate surface area is 132 Å². The summed E-state index contributed by atoms with van der Waals surface area (Å²) in [4.78, 5) is 11.9. The highest BCUT2D eigenvalue weighted by Crippen LogP contribution is 2.37. The Balaban J connectivity index is 2.53. The number of anilines is 1. The van der Waals surface area contributed by atoms with E-state index < -0.39 is 24.3 Å². The Morgan fingerprint density at radius 2 is 1.64 bits per heavy atom. The lowest BCUT2D eigenvalue weighted by atomic mass is 9.74. The van der Waals surface area contributed by atoms with E-state index in [0.29, 0.717) is 11.3 Å². The second-order valence-corrected chi connectivity index (χ2v) is 6.76. The number of carbonyl (C=O) groups excluding carboxylic acids is 1. The van der Waals surface area contributed by atoms with E-state index in [0.717, 1.165) is 16.6 Å². The molecule has 5 nitrogen and oxygen atoms in total. The number of hydrogen-bond donors (Lipinski definition) is 1. The number of nitrogen functional groups attached to an aromatic ring is 1. The van der Waals surface area contributed by atoms with Crippen LogP contribution >= 0.6 is 0 Å². The van der Waals surface area contributed by atoms with E-state index in [-0.39, 0.29) is 0 Å². The predicted octanol–water partition coefficient (Wildman–Crippen LogP) is 1.97. The van der Waals surface area contributed by atoms with Gasteiger partial charge in [-0.25, -0.2) is 4.79 Å². The summed E-state index contributed by atoms with van der Waals surface area (Å²) in [6, 6.07) is 1.71. The van der Waals surface area contributed by atoms with Crippen molar-refractivity contribution in [2.45, 2.75) is 52.7 Å². The zero-order valence-electron chi connectivity index (χ0n) is 14.4. The number of ether oxygens (including phenoxy) is 1. The van der Waals surface area contributed by atoms with E-state index in [1.165, 1.54) is 7.11 Å². The molecule has 0 bridgehead atoms. The van der Waals surface area contributed by atoms with Crippen LogP contribution in [0.2, 0.25) is 0 Å². The summed E-state index contributed by atoms with van der Waals surface area (Å²) in [5.74, 6) is -0.460. The first-order valence-electron chi connectivity index (χ1n) is 7.35. The molecule has 120 valence electrons. The summed E-state index contributed by atoms with van der Waals surface area (Å²) < 4.78 is 17.0. The molecule has 0 spiro atoms. The first-order chi connectivity index (χ1) is 10.0. The molecule has 2 N–H and O–H groups in total. The van der Waals surface area contributed by atoms with Crippen LogP contribution in [0.4, 0.5) is 5.69 Å². The fourth-order valence-corrected chi connectivity index (χ4v) is 2.46. The number of nitrogens with two attached hydrogens (primary N) is 1. The molecule has 0 unspecified atom stereocenters. The topological polar surface area (TPSA) is 70.8 Å². The zero-order chi connectivity index (χ0) is 16.9. The van der Waals surface area contributed by atoms with Gasteiger partial charge in [0.05, 0.1) is 23.9 Å². The quantitative estimate of drug-likeness (QED) is 0.514. The summed E-state index contributed by atoms with van der Waals surface area (Å²) in [7, 11) is 0.804. The molecule has 1 aliphatic rings. The fourth-order valence-electron chi connectivity index (χ4n) is 2.46. The van der Waals surface area contributed by atoms with Crippen molar-refractivity contribution in [3.05, 3.63) is 22.8 Å². The average Bonchev–Trinajstić information content (AvgIpc) is 2.64. The van der Waals surface area contributed by atoms with Gasteiger partial charge in [-0.05, 0) is 64.2 Å². The minimum Gasteiger partial charge on any atom is -0.465 e. The number of carbonyl (C=O) groups is 1. The molecule has 0 aliphatic carbocycles. The second-order valence-electron chi connectivity index (χ2n) is 6.76. The third-order valence-electron chi connectivity index (χ3n) is 4.90. The molecule has 1 aromatic carbocycles. The lowest BCUT2D eigenvalue weighted by Crippen LogP contribution is -2.41. The highest BCUT2D eigenvalue weighted by molar-refractivity contribution is 6.62. The standard InChI is InChI=1S/C16H24BNO4/c1-9-10(2)13(18)11(14(19)20-7)8-12(9)17-21-15(3,4)16(5,6)22-17/h8H,18H2,1-7H3. The minimum absolute atomic E-state index is 0.343. The average molecular weight is 305 g/mol. The molecular formula is C16H24BNO4. The maximum absolute atomic E-state index is 11.9. The molecule has 0 aromatic heterocycles. The van der Waals surface area contributed by atoms with Gasteiger partial charge in [0, 0.05) is 5.69 Å². The van der Waals surface area contributed by atoms with Crippen LogP contribution in [0.5, 0.6) is 0 Å². The van der Waals surface area contributed by atoms with Gasteiger partial charge in [-0.2, -0.15) is 0 Å². The molecule has 1 heterocycles. The van der Waals surface area contributed by atoms with Gasteiger partial charge in [-0.3, -0.25) is 0 Å². The maximum atomic E-state index is 11.9. The maximum Gasteiger partial charge on any atom is 0.495 e. The van der Waals surface area contributed by atoms with E-state index in [4.69, 9.17) is 19.8 Å². The molecule has 6 heteroatoms. The lowest BCUT2D eigenvalue weighted by Gasteiger charge is -2.32. The van der Waals surface area contributed by atoms with Crippen LogP contribution in [0.1, 0.15) is 49.2 Å². The van der Waals surface area contributed by atoms with Crippen LogP contribution < -0.4 is 11.2 Å². The van der Waals surface area contributed by atoms with Gasteiger partial charge in [-0.1, -0.05) is 0 Å². The van der Waals surface area contributed by atoms with Gasteiger partial charge < -0.3 is 19.8 Å². The van der Waals surface area contributed by atoms with Crippen LogP contribution in [0, 0.1) is 13.8 Å². The normalized spacial score (nSPS) is 19.3. The van der Waals surface area contributed by atoms with Gasteiger partial charge >= 0.3 is 13.1 Å². The largest absolute Gasteiger partial charge is 0.495 e. The molecule has 1 saturated heterocycles. The number of esters is 1. The molecule has 0 amide bonds. The zero-order valence-corrected chi connectivity index (χ0v) is 14.4. The highest BCUT2D eigenvalue weighted by Gasteiger charge is 2.52.